The molecule has 0 aliphatic carbocycles. The van der Waals surface area contributed by atoms with Crippen molar-refractivity contribution in [2.24, 2.45) is 0 Å². The van der Waals surface area contributed by atoms with Crippen molar-refractivity contribution in [2.45, 2.75) is 245 Å². The van der Waals surface area contributed by atoms with Crippen LogP contribution >= 0.6 is 0 Å². The largest absolute Gasteiger partial charge is 0.260 e. The van der Waals surface area contributed by atoms with Crippen LogP contribution in [0.4, 0.5) is 0 Å². The number of benzene rings is 1. The molecule has 2 nitrogen and oxygen atoms in total. The SMILES string of the molecule is CCCCCCCCCCCCCCCCCCC[n+]1ccn(CCCCCCCCCCCCCCCCCC)c1Cc1ccccc1. The third-order valence-electron chi connectivity index (χ3n) is 11.0. The molecule has 1 aromatic heterocycles. The lowest BCUT2D eigenvalue weighted by atomic mass is 10.0. The monoisotopic (exact) mass is 678 g/mol. The summed E-state index contributed by atoms with van der Waals surface area (Å²) in [7, 11) is 0. The Morgan fingerprint density at radius 3 is 1.14 bits per heavy atom. The van der Waals surface area contributed by atoms with Crippen molar-refractivity contribution < 1.29 is 4.57 Å². The van der Waals surface area contributed by atoms with Gasteiger partial charge in [0.1, 0.15) is 12.4 Å². The van der Waals surface area contributed by atoms with Crippen molar-refractivity contribution >= 4 is 0 Å². The standard InChI is InChI=1S/C47H85N2/c1-3-5-7-9-11-13-15-17-19-21-23-25-27-29-31-33-38-42-49-44-43-48(47(49)45-46-39-35-34-36-40-46)41-37-32-30-28-26-24-22-20-18-16-14-12-10-8-6-4-2/h34-36,39-40,43-44H,3-33,37-38,41-42,45H2,1-2H3/q+1. The normalized spacial score (nSPS) is 11.6. The van der Waals surface area contributed by atoms with E-state index in [0.29, 0.717) is 0 Å². The predicted octanol–water partition coefficient (Wildman–Crippen LogP) is 15.3. The molecule has 0 atom stereocenters. The van der Waals surface area contributed by atoms with E-state index in [1.165, 1.54) is 236 Å². The van der Waals surface area contributed by atoms with Crippen LogP contribution in [-0.4, -0.2) is 4.57 Å². The highest BCUT2D eigenvalue weighted by Crippen LogP contribution is 2.16. The van der Waals surface area contributed by atoms with E-state index >= 15 is 0 Å². The number of hydrogen-bond acceptors (Lipinski definition) is 0. The van der Waals surface area contributed by atoms with E-state index in [0.717, 1.165) is 6.42 Å². The van der Waals surface area contributed by atoms with Crippen LogP contribution in [-0.2, 0) is 19.5 Å². The molecule has 0 N–H and O–H groups in total. The van der Waals surface area contributed by atoms with E-state index in [1.807, 2.05) is 0 Å². The Bertz CT molecular complexity index is 931. The second-order valence-corrected chi connectivity index (χ2v) is 15.7. The fourth-order valence-electron chi connectivity index (χ4n) is 7.72. The maximum absolute atomic E-state index is 2.57. The smallest absolute Gasteiger partial charge is 0.234 e. The van der Waals surface area contributed by atoms with Crippen LogP contribution < -0.4 is 4.57 Å². The Labute approximate surface area is 307 Å². The van der Waals surface area contributed by atoms with Crippen molar-refractivity contribution in [3.05, 3.63) is 54.1 Å². The first-order valence-electron chi connectivity index (χ1n) is 22.5. The molecule has 0 saturated carbocycles. The van der Waals surface area contributed by atoms with Gasteiger partial charge in [0.15, 0.2) is 0 Å². The lowest BCUT2D eigenvalue weighted by Gasteiger charge is -2.07. The fraction of sp³-hybridized carbons (Fsp3) is 0.809. The van der Waals surface area contributed by atoms with Gasteiger partial charge in [0.25, 0.3) is 5.82 Å². The third kappa shape index (κ3) is 25.1. The molecular weight excluding hydrogens is 593 g/mol. The fourth-order valence-corrected chi connectivity index (χ4v) is 7.72. The number of hydrogen-bond donors (Lipinski definition) is 0. The zero-order valence-corrected chi connectivity index (χ0v) is 33.4. The number of rotatable bonds is 37. The molecule has 282 valence electrons. The first kappa shape index (κ1) is 43.6. The van der Waals surface area contributed by atoms with E-state index in [9.17, 15) is 0 Å². The van der Waals surface area contributed by atoms with Crippen molar-refractivity contribution in [1.82, 2.24) is 4.57 Å². The second kappa shape index (κ2) is 33.6. The maximum Gasteiger partial charge on any atom is 0.260 e. The second-order valence-electron chi connectivity index (χ2n) is 15.7. The molecule has 0 saturated heterocycles. The summed E-state index contributed by atoms with van der Waals surface area (Å²) < 4.78 is 5.15. The Morgan fingerprint density at radius 2 is 0.755 bits per heavy atom. The van der Waals surface area contributed by atoms with Crippen LogP contribution in [0.5, 0.6) is 0 Å². The van der Waals surface area contributed by atoms with E-state index < -0.39 is 0 Å². The lowest BCUT2D eigenvalue weighted by molar-refractivity contribution is -0.703. The Morgan fingerprint density at radius 1 is 0.408 bits per heavy atom. The molecular formula is C47H85N2+. The van der Waals surface area contributed by atoms with Crippen molar-refractivity contribution in [3.63, 3.8) is 0 Å². The van der Waals surface area contributed by atoms with Gasteiger partial charge in [-0.3, -0.25) is 0 Å². The predicted molar refractivity (Wildman–Crippen MR) is 218 cm³/mol. The summed E-state index contributed by atoms with van der Waals surface area (Å²) in [6, 6.07) is 11.1. The highest BCUT2D eigenvalue weighted by atomic mass is 15.1. The number of aromatic nitrogens is 2. The highest BCUT2D eigenvalue weighted by Gasteiger charge is 2.17. The first-order valence-corrected chi connectivity index (χ1v) is 22.5. The molecule has 49 heavy (non-hydrogen) atoms. The van der Waals surface area contributed by atoms with Crippen LogP contribution in [0.25, 0.3) is 0 Å². The number of nitrogens with zero attached hydrogens (tertiary/aromatic N) is 2. The molecule has 1 aromatic carbocycles. The Kier molecular flexibility index (Phi) is 29.9. The molecule has 0 fully saturated rings. The van der Waals surface area contributed by atoms with E-state index in [2.05, 4.69) is 65.7 Å². The van der Waals surface area contributed by atoms with Gasteiger partial charge in [-0.1, -0.05) is 230 Å². The minimum Gasteiger partial charge on any atom is -0.234 e. The number of unbranched alkanes of at least 4 members (excludes halogenated alkanes) is 31. The van der Waals surface area contributed by atoms with E-state index in [1.54, 1.807) is 0 Å². The van der Waals surface area contributed by atoms with E-state index in [4.69, 9.17) is 0 Å². The molecule has 0 radical (unpaired) electrons. The number of aryl methyl sites for hydroxylation is 2. The van der Waals surface area contributed by atoms with E-state index in [-0.39, 0.29) is 0 Å². The molecule has 1 heterocycles. The molecule has 2 aromatic rings. The Hall–Kier alpha value is -1.57. The van der Waals surface area contributed by atoms with Gasteiger partial charge in [0.2, 0.25) is 0 Å². The van der Waals surface area contributed by atoms with Gasteiger partial charge in [-0.25, -0.2) is 9.13 Å². The summed E-state index contributed by atoms with van der Waals surface area (Å²) in [5.41, 5.74) is 1.44. The molecule has 0 aliphatic heterocycles. The first-order chi connectivity index (χ1) is 24.3. The quantitative estimate of drug-likeness (QED) is 0.0497. The third-order valence-corrected chi connectivity index (χ3v) is 11.0. The molecule has 2 heteroatoms. The van der Waals surface area contributed by atoms with Crippen LogP contribution in [0.15, 0.2) is 42.7 Å². The van der Waals surface area contributed by atoms with Crippen LogP contribution in [0, 0.1) is 0 Å². The van der Waals surface area contributed by atoms with Crippen LogP contribution in [0.1, 0.15) is 237 Å². The van der Waals surface area contributed by atoms with Gasteiger partial charge in [-0.05, 0) is 31.2 Å². The van der Waals surface area contributed by atoms with Gasteiger partial charge in [-0.15, -0.1) is 0 Å². The van der Waals surface area contributed by atoms with Gasteiger partial charge in [0.05, 0.1) is 19.5 Å². The zero-order chi connectivity index (χ0) is 34.7. The van der Waals surface area contributed by atoms with Crippen LogP contribution in [0.3, 0.4) is 0 Å². The lowest BCUT2D eigenvalue weighted by Crippen LogP contribution is -2.37. The average molecular weight is 678 g/mol. The summed E-state index contributed by atoms with van der Waals surface area (Å²) in [4.78, 5) is 0. The minimum atomic E-state index is 1.05. The van der Waals surface area contributed by atoms with Gasteiger partial charge < -0.3 is 0 Å². The van der Waals surface area contributed by atoms with Gasteiger partial charge >= 0.3 is 0 Å². The minimum absolute atomic E-state index is 1.05. The van der Waals surface area contributed by atoms with Crippen molar-refractivity contribution in [1.29, 1.82) is 0 Å². The highest BCUT2D eigenvalue weighted by molar-refractivity contribution is 5.18. The summed E-state index contributed by atoms with van der Waals surface area (Å²) >= 11 is 0. The average Bonchev–Trinajstić information content (AvgIpc) is 3.50. The van der Waals surface area contributed by atoms with Crippen molar-refractivity contribution in [2.75, 3.05) is 0 Å². The Balaban J connectivity index is 1.51. The summed E-state index contributed by atoms with van der Waals surface area (Å²) in [6.45, 7) is 6.96. The molecule has 0 aliphatic rings. The van der Waals surface area contributed by atoms with Crippen molar-refractivity contribution in [3.8, 4) is 0 Å². The summed E-state index contributed by atoms with van der Waals surface area (Å²) in [6.07, 6.45) is 53.2. The van der Waals surface area contributed by atoms with Gasteiger partial charge in [0, 0.05) is 0 Å². The van der Waals surface area contributed by atoms with Crippen LogP contribution in [0.2, 0.25) is 0 Å². The summed E-state index contributed by atoms with van der Waals surface area (Å²) in [5.74, 6) is 1.50. The molecule has 0 unspecified atom stereocenters. The maximum atomic E-state index is 2.57. The molecule has 0 amide bonds. The number of imidazole rings is 1. The topological polar surface area (TPSA) is 8.81 Å². The summed E-state index contributed by atoms with van der Waals surface area (Å²) in [5, 5.41) is 0. The zero-order valence-electron chi connectivity index (χ0n) is 33.4. The molecule has 2 rings (SSSR count). The molecule has 0 spiro atoms. The van der Waals surface area contributed by atoms with Gasteiger partial charge in [-0.2, -0.15) is 0 Å². The molecule has 0 bridgehead atoms.